The van der Waals surface area contributed by atoms with Gasteiger partial charge in [-0.1, -0.05) is 6.07 Å². The molecule has 1 aromatic heterocycles. The fraction of sp³-hybridized carbons (Fsp3) is 0.300. The highest BCUT2D eigenvalue weighted by Crippen LogP contribution is 2.34. The number of carbonyl (C=O) groups excluding carboxylic acids is 1. The van der Waals surface area contributed by atoms with Crippen molar-refractivity contribution in [2.75, 3.05) is 0 Å². The molecule has 0 spiro atoms. The molecule has 1 N–H and O–H groups in total. The van der Waals surface area contributed by atoms with Crippen LogP contribution in [-0.4, -0.2) is 22.0 Å². The highest BCUT2D eigenvalue weighted by Gasteiger charge is 2.41. The van der Waals surface area contributed by atoms with Crippen molar-refractivity contribution in [3.8, 4) is 0 Å². The number of ether oxygens (including phenoxy) is 1. The number of carboxylic acid groups (broad SMARTS) is 1. The molecule has 1 saturated heterocycles. The number of hydrogen-bond donors (Lipinski definition) is 1. The lowest BCUT2D eigenvalue weighted by Gasteiger charge is -2.12. The second-order valence-corrected chi connectivity index (χ2v) is 3.31. The predicted octanol–water partition coefficient (Wildman–Crippen LogP) is 0.770. The van der Waals surface area contributed by atoms with Crippen molar-refractivity contribution in [3.63, 3.8) is 0 Å². The van der Waals surface area contributed by atoms with Crippen LogP contribution in [0.15, 0.2) is 24.4 Å². The number of hydrogen-bond acceptors (Lipinski definition) is 4. The van der Waals surface area contributed by atoms with Crippen LogP contribution < -0.4 is 0 Å². The Kier molecular flexibility index (Phi) is 2.37. The largest absolute Gasteiger partial charge is 0.481 e. The Morgan fingerprint density at radius 1 is 1.53 bits per heavy atom. The van der Waals surface area contributed by atoms with Gasteiger partial charge in [-0.25, -0.2) is 0 Å². The molecule has 15 heavy (non-hydrogen) atoms. The van der Waals surface area contributed by atoms with E-state index in [1.165, 1.54) is 0 Å². The van der Waals surface area contributed by atoms with Crippen LogP contribution in [0.1, 0.15) is 18.2 Å². The van der Waals surface area contributed by atoms with Crippen molar-refractivity contribution >= 4 is 11.9 Å². The molecule has 1 aromatic rings. The lowest BCUT2D eigenvalue weighted by atomic mass is 9.99. The van der Waals surface area contributed by atoms with Crippen LogP contribution in [0.5, 0.6) is 0 Å². The molecule has 0 aromatic carbocycles. The van der Waals surface area contributed by atoms with Crippen LogP contribution in [0.25, 0.3) is 0 Å². The number of esters is 1. The molecule has 0 amide bonds. The summed E-state index contributed by atoms with van der Waals surface area (Å²) < 4.78 is 4.94. The molecular weight excluding hydrogens is 198 g/mol. The molecule has 0 bridgehead atoms. The maximum absolute atomic E-state index is 11.0. The number of cyclic esters (lactones) is 1. The van der Waals surface area contributed by atoms with Gasteiger partial charge in [0.25, 0.3) is 0 Å². The van der Waals surface area contributed by atoms with Crippen molar-refractivity contribution in [2.45, 2.75) is 12.5 Å². The summed E-state index contributed by atoms with van der Waals surface area (Å²) in [5, 5.41) is 8.90. The monoisotopic (exact) mass is 207 g/mol. The Morgan fingerprint density at radius 3 is 2.93 bits per heavy atom. The molecule has 5 nitrogen and oxygen atoms in total. The standard InChI is InChI=1S/C10H9NO4/c12-8-5-6(10(13)14)9(15-8)7-3-1-2-4-11-7/h1-4,6,9H,5H2,(H,13,14)/t6-,9-/m0/s1. The molecule has 0 aliphatic carbocycles. The van der Waals surface area contributed by atoms with Gasteiger partial charge in [-0.15, -0.1) is 0 Å². The zero-order valence-electron chi connectivity index (χ0n) is 7.79. The summed E-state index contributed by atoms with van der Waals surface area (Å²) >= 11 is 0. The SMILES string of the molecule is O=C1C[C@H](C(=O)O)[C@@H](c2ccccn2)O1. The Hall–Kier alpha value is -1.91. The minimum atomic E-state index is -1.03. The van der Waals surface area contributed by atoms with Crippen molar-refractivity contribution in [3.05, 3.63) is 30.1 Å². The van der Waals surface area contributed by atoms with E-state index in [-0.39, 0.29) is 6.42 Å². The summed E-state index contributed by atoms with van der Waals surface area (Å²) in [6.07, 6.45) is 0.702. The summed E-state index contributed by atoms with van der Waals surface area (Å²) in [5.74, 6) is -2.35. The number of carboxylic acids is 1. The quantitative estimate of drug-likeness (QED) is 0.725. The molecule has 1 fully saturated rings. The first-order chi connectivity index (χ1) is 7.18. The molecule has 2 rings (SSSR count). The topological polar surface area (TPSA) is 76.5 Å². The van der Waals surface area contributed by atoms with E-state index in [0.29, 0.717) is 5.69 Å². The van der Waals surface area contributed by atoms with E-state index >= 15 is 0 Å². The Morgan fingerprint density at radius 2 is 2.33 bits per heavy atom. The van der Waals surface area contributed by atoms with Crippen LogP contribution in [0.3, 0.4) is 0 Å². The van der Waals surface area contributed by atoms with E-state index in [1.54, 1.807) is 24.4 Å². The fourth-order valence-electron chi connectivity index (χ4n) is 1.59. The van der Waals surface area contributed by atoms with Crippen LogP contribution in [-0.2, 0) is 14.3 Å². The molecule has 2 heterocycles. The number of nitrogens with zero attached hydrogens (tertiary/aromatic N) is 1. The Balaban J connectivity index is 2.28. The van der Waals surface area contributed by atoms with Gasteiger partial charge in [0.05, 0.1) is 12.1 Å². The summed E-state index contributed by atoms with van der Waals surface area (Å²) in [4.78, 5) is 25.9. The summed E-state index contributed by atoms with van der Waals surface area (Å²) in [5.41, 5.74) is 0.482. The molecule has 1 aliphatic rings. The fourth-order valence-corrected chi connectivity index (χ4v) is 1.59. The average molecular weight is 207 g/mol. The minimum Gasteiger partial charge on any atom is -0.481 e. The lowest BCUT2D eigenvalue weighted by Crippen LogP contribution is -2.18. The van der Waals surface area contributed by atoms with E-state index in [1.807, 2.05) is 0 Å². The van der Waals surface area contributed by atoms with Crippen molar-refractivity contribution in [1.82, 2.24) is 4.98 Å². The van der Waals surface area contributed by atoms with Gasteiger partial charge < -0.3 is 9.84 Å². The molecule has 5 heteroatoms. The van der Waals surface area contributed by atoms with Gasteiger partial charge in [0, 0.05) is 6.20 Å². The third-order valence-corrected chi connectivity index (χ3v) is 2.31. The summed E-state index contributed by atoms with van der Waals surface area (Å²) in [7, 11) is 0. The first kappa shape index (κ1) is 9.64. The lowest BCUT2D eigenvalue weighted by molar-refractivity contribution is -0.144. The molecule has 0 unspecified atom stereocenters. The Labute approximate surface area is 85.7 Å². The predicted molar refractivity (Wildman–Crippen MR) is 48.8 cm³/mol. The molecule has 1 aliphatic heterocycles. The first-order valence-corrected chi connectivity index (χ1v) is 4.51. The second kappa shape index (κ2) is 3.68. The molecule has 2 atom stereocenters. The van der Waals surface area contributed by atoms with E-state index in [2.05, 4.69) is 4.98 Å². The minimum absolute atomic E-state index is 0.0867. The zero-order valence-corrected chi connectivity index (χ0v) is 7.79. The summed E-state index contributed by atoms with van der Waals surface area (Å²) in [6.45, 7) is 0. The number of carbonyl (C=O) groups is 2. The first-order valence-electron chi connectivity index (χ1n) is 4.51. The van der Waals surface area contributed by atoms with Crippen molar-refractivity contribution in [1.29, 1.82) is 0 Å². The van der Waals surface area contributed by atoms with E-state index in [0.717, 1.165) is 0 Å². The number of pyridine rings is 1. The maximum Gasteiger partial charge on any atom is 0.311 e. The number of rotatable bonds is 2. The van der Waals surface area contributed by atoms with Gasteiger partial charge in [0.2, 0.25) is 0 Å². The van der Waals surface area contributed by atoms with Gasteiger partial charge in [-0.3, -0.25) is 14.6 Å². The number of aliphatic carboxylic acids is 1. The van der Waals surface area contributed by atoms with Crippen molar-refractivity contribution < 1.29 is 19.4 Å². The van der Waals surface area contributed by atoms with Gasteiger partial charge in [-0.2, -0.15) is 0 Å². The van der Waals surface area contributed by atoms with Crippen LogP contribution in [0.4, 0.5) is 0 Å². The zero-order chi connectivity index (χ0) is 10.8. The summed E-state index contributed by atoms with van der Waals surface area (Å²) in [6, 6.07) is 5.10. The molecular formula is C10H9NO4. The number of aromatic nitrogens is 1. The van der Waals surface area contributed by atoms with Gasteiger partial charge in [-0.05, 0) is 12.1 Å². The highest BCUT2D eigenvalue weighted by atomic mass is 16.6. The second-order valence-electron chi connectivity index (χ2n) is 3.31. The molecule has 78 valence electrons. The third-order valence-electron chi connectivity index (χ3n) is 2.31. The van der Waals surface area contributed by atoms with E-state index in [9.17, 15) is 9.59 Å². The van der Waals surface area contributed by atoms with Crippen molar-refractivity contribution in [2.24, 2.45) is 5.92 Å². The van der Waals surface area contributed by atoms with Crippen LogP contribution in [0.2, 0.25) is 0 Å². The maximum atomic E-state index is 11.0. The van der Waals surface area contributed by atoms with Gasteiger partial charge >= 0.3 is 11.9 Å². The third kappa shape index (κ3) is 1.81. The molecule has 0 radical (unpaired) electrons. The van der Waals surface area contributed by atoms with E-state index in [4.69, 9.17) is 9.84 Å². The molecule has 0 saturated carbocycles. The normalized spacial score (nSPS) is 24.9. The van der Waals surface area contributed by atoms with Gasteiger partial charge in [0.15, 0.2) is 6.10 Å². The average Bonchev–Trinajstić information content (AvgIpc) is 2.62. The van der Waals surface area contributed by atoms with E-state index < -0.39 is 24.0 Å². The van der Waals surface area contributed by atoms with Crippen LogP contribution >= 0.6 is 0 Å². The highest BCUT2D eigenvalue weighted by molar-refractivity contribution is 5.82. The smallest absolute Gasteiger partial charge is 0.311 e. The van der Waals surface area contributed by atoms with Gasteiger partial charge in [0.1, 0.15) is 5.92 Å². The van der Waals surface area contributed by atoms with Crippen LogP contribution in [0, 0.1) is 5.92 Å². The Bertz CT molecular complexity index is 390.